The molecular formula is C32H37N3O3. The van der Waals surface area contributed by atoms with Crippen molar-refractivity contribution in [2.24, 2.45) is 23.0 Å². The number of allylic oxidation sites excluding steroid dienone is 1. The van der Waals surface area contributed by atoms with Crippen molar-refractivity contribution < 1.29 is 14.9 Å². The lowest BCUT2D eigenvalue weighted by molar-refractivity contribution is -0.175. The second-order valence-corrected chi connectivity index (χ2v) is 13.9. The lowest BCUT2D eigenvalue weighted by Gasteiger charge is -2.58. The molecule has 1 unspecified atom stereocenters. The number of hydrogen-bond acceptors (Lipinski definition) is 6. The second kappa shape index (κ2) is 6.97. The van der Waals surface area contributed by atoms with Crippen LogP contribution in [-0.4, -0.2) is 68.7 Å². The predicted molar refractivity (Wildman–Crippen MR) is 144 cm³/mol. The minimum atomic E-state index is -0.884. The van der Waals surface area contributed by atoms with Crippen molar-refractivity contribution in [3.05, 3.63) is 65.5 Å². The minimum absolute atomic E-state index is 0.105. The Hall–Kier alpha value is -2.09. The number of nitrogens with two attached hydrogens (primary N) is 1. The maximum absolute atomic E-state index is 11.4. The van der Waals surface area contributed by atoms with Crippen LogP contribution in [0.1, 0.15) is 51.0 Å². The molecule has 6 heteroatoms. The van der Waals surface area contributed by atoms with E-state index in [4.69, 9.17) is 10.5 Å². The lowest BCUT2D eigenvalue weighted by atomic mass is 9.55. The summed E-state index contributed by atoms with van der Waals surface area (Å²) in [6.45, 7) is 4.11. The van der Waals surface area contributed by atoms with Crippen molar-refractivity contribution in [3.8, 4) is 0 Å². The van der Waals surface area contributed by atoms with Gasteiger partial charge in [0.1, 0.15) is 6.10 Å². The van der Waals surface area contributed by atoms with Crippen molar-refractivity contribution in [1.82, 2.24) is 9.88 Å². The molecule has 2 aromatic rings. The van der Waals surface area contributed by atoms with Crippen LogP contribution in [0.3, 0.4) is 0 Å². The smallest absolute Gasteiger partial charge is 0.105 e. The topological polar surface area (TPSA) is 91.8 Å². The van der Waals surface area contributed by atoms with Crippen LogP contribution in [-0.2, 0) is 10.2 Å². The molecule has 4 aliphatic carbocycles. The van der Waals surface area contributed by atoms with Gasteiger partial charge in [-0.15, -0.1) is 0 Å². The Morgan fingerprint density at radius 1 is 1.11 bits per heavy atom. The van der Waals surface area contributed by atoms with Gasteiger partial charge in [-0.05, 0) is 90.0 Å². The summed E-state index contributed by atoms with van der Waals surface area (Å²) in [6, 6.07) is 9.23. The van der Waals surface area contributed by atoms with Gasteiger partial charge >= 0.3 is 0 Å². The highest BCUT2D eigenvalue weighted by atomic mass is 16.5. The third kappa shape index (κ3) is 2.47. The molecule has 4 N–H and O–H groups in total. The van der Waals surface area contributed by atoms with Gasteiger partial charge in [0, 0.05) is 48.4 Å². The number of ether oxygens (including phenoxy) is 1. The average molecular weight is 512 g/mol. The van der Waals surface area contributed by atoms with Gasteiger partial charge in [-0.1, -0.05) is 31.2 Å². The molecule has 3 aliphatic heterocycles. The normalized spacial score (nSPS) is 48.9. The number of nitrogens with zero attached hydrogens (tertiary/aromatic N) is 2. The fourth-order valence-electron chi connectivity index (χ4n) is 10.5. The van der Waals surface area contributed by atoms with Crippen molar-refractivity contribution in [1.29, 1.82) is 0 Å². The molecule has 2 saturated heterocycles. The van der Waals surface area contributed by atoms with Crippen LogP contribution in [0.2, 0.25) is 0 Å². The largest absolute Gasteiger partial charge is 0.388 e. The number of pyridine rings is 1. The molecule has 38 heavy (non-hydrogen) atoms. The molecule has 9 atom stereocenters. The van der Waals surface area contributed by atoms with Crippen LogP contribution in [0, 0.1) is 17.3 Å². The molecule has 3 saturated carbocycles. The van der Waals surface area contributed by atoms with Gasteiger partial charge in [0.25, 0.3) is 0 Å². The van der Waals surface area contributed by atoms with Gasteiger partial charge < -0.3 is 20.7 Å². The highest BCUT2D eigenvalue weighted by Crippen LogP contribution is 2.80. The number of fused-ring (bicyclic) bond motifs is 4. The molecule has 1 aromatic heterocycles. The van der Waals surface area contributed by atoms with E-state index in [0.29, 0.717) is 11.8 Å². The summed E-state index contributed by atoms with van der Waals surface area (Å²) in [5.41, 5.74) is 9.30. The number of benzene rings is 1. The van der Waals surface area contributed by atoms with Gasteiger partial charge in [-0.3, -0.25) is 9.88 Å². The van der Waals surface area contributed by atoms with Crippen molar-refractivity contribution >= 4 is 10.8 Å². The third-order valence-corrected chi connectivity index (χ3v) is 12.5. The van der Waals surface area contributed by atoms with E-state index in [0.717, 1.165) is 44.3 Å². The van der Waals surface area contributed by atoms with Gasteiger partial charge in [0.05, 0.1) is 17.3 Å². The van der Waals surface area contributed by atoms with Crippen LogP contribution < -0.4 is 5.73 Å². The molecule has 4 heterocycles. The SMILES string of the molecule is C[C@]12CC=C3C=C4[C@H](O)[C@H](O)[C@@H](N5CC(N)C5)C[C@]45CCC3(O5)[C@@H]1C[C@H]1C[C@]12c1ccc2ccncc2c1. The van der Waals surface area contributed by atoms with E-state index in [1.165, 1.54) is 34.8 Å². The Morgan fingerprint density at radius 3 is 2.82 bits per heavy atom. The average Bonchev–Trinajstić information content (AvgIpc) is 3.49. The first-order chi connectivity index (χ1) is 18.3. The summed E-state index contributed by atoms with van der Waals surface area (Å²) in [5, 5.41) is 25.0. The summed E-state index contributed by atoms with van der Waals surface area (Å²) in [7, 11) is 0. The van der Waals surface area contributed by atoms with E-state index < -0.39 is 17.8 Å². The Morgan fingerprint density at radius 2 is 1.97 bits per heavy atom. The van der Waals surface area contributed by atoms with E-state index in [-0.39, 0.29) is 28.5 Å². The molecule has 0 amide bonds. The first-order valence-corrected chi connectivity index (χ1v) is 14.6. The van der Waals surface area contributed by atoms with Crippen LogP contribution in [0.25, 0.3) is 10.8 Å². The number of aliphatic hydroxyl groups excluding tert-OH is 2. The standard InChI is InChI=1S/C32H37N3O3/c1-29-6-4-21-11-24-27(36)28(37)25(35-16-23(33)17-35)14-30(24)7-8-32(21,38-30)26(29)12-22-13-31(22,29)20-3-2-18-5-9-34-15-19(18)10-20/h2-5,9-11,15,22-23,25-28,36-37H,6-8,12-14,16-17,33H2,1H3/t22-,25-,26+,27-,28+,29-,30+,31-,32?/m0/s1. The Balaban J connectivity index is 1.12. The highest BCUT2D eigenvalue weighted by Gasteiger charge is 2.78. The number of rotatable bonds is 2. The summed E-state index contributed by atoms with van der Waals surface area (Å²) < 4.78 is 7.40. The van der Waals surface area contributed by atoms with Crippen molar-refractivity contribution in [3.63, 3.8) is 0 Å². The summed E-state index contributed by atoms with van der Waals surface area (Å²) in [6.07, 6.45) is 13.0. The summed E-state index contributed by atoms with van der Waals surface area (Å²) in [4.78, 5) is 6.65. The molecule has 198 valence electrons. The van der Waals surface area contributed by atoms with Crippen LogP contribution in [0.5, 0.6) is 0 Å². The molecule has 6 nitrogen and oxygen atoms in total. The second-order valence-electron chi connectivity index (χ2n) is 13.9. The van der Waals surface area contributed by atoms with Gasteiger partial charge in [0.15, 0.2) is 0 Å². The molecule has 2 spiro atoms. The van der Waals surface area contributed by atoms with E-state index in [1.807, 2.05) is 12.4 Å². The van der Waals surface area contributed by atoms with E-state index in [9.17, 15) is 10.2 Å². The van der Waals surface area contributed by atoms with Crippen LogP contribution in [0.4, 0.5) is 0 Å². The quantitative estimate of drug-likeness (QED) is 0.574. The Kier molecular flexibility index (Phi) is 4.16. The Bertz CT molecular complexity index is 1450. The molecule has 9 rings (SSSR count). The van der Waals surface area contributed by atoms with E-state index >= 15 is 0 Å². The van der Waals surface area contributed by atoms with Crippen molar-refractivity contribution in [2.45, 2.75) is 86.4 Å². The number of hydrogen-bond donors (Lipinski definition) is 3. The third-order valence-electron chi connectivity index (χ3n) is 12.5. The van der Waals surface area contributed by atoms with Crippen molar-refractivity contribution in [2.75, 3.05) is 13.1 Å². The maximum atomic E-state index is 11.4. The zero-order chi connectivity index (χ0) is 25.7. The monoisotopic (exact) mass is 511 g/mol. The van der Waals surface area contributed by atoms with E-state index in [1.54, 1.807) is 0 Å². The zero-order valence-corrected chi connectivity index (χ0v) is 22.0. The number of aromatic nitrogens is 1. The summed E-state index contributed by atoms with van der Waals surface area (Å²) >= 11 is 0. The zero-order valence-electron chi connectivity index (χ0n) is 22.0. The van der Waals surface area contributed by atoms with Crippen LogP contribution >= 0.6 is 0 Å². The Labute approximate surface area is 223 Å². The van der Waals surface area contributed by atoms with Crippen LogP contribution in [0.15, 0.2) is 60.0 Å². The summed E-state index contributed by atoms with van der Waals surface area (Å²) in [5.74, 6) is 1.14. The minimum Gasteiger partial charge on any atom is -0.388 e. The van der Waals surface area contributed by atoms with Gasteiger partial charge in [-0.25, -0.2) is 0 Å². The lowest BCUT2D eigenvalue weighted by Crippen LogP contribution is -2.68. The van der Waals surface area contributed by atoms with E-state index in [2.05, 4.69) is 53.2 Å². The fraction of sp³-hybridized carbons (Fsp3) is 0.594. The maximum Gasteiger partial charge on any atom is 0.105 e. The van der Waals surface area contributed by atoms with Gasteiger partial charge in [0.2, 0.25) is 0 Å². The fourth-order valence-corrected chi connectivity index (χ4v) is 10.5. The highest BCUT2D eigenvalue weighted by molar-refractivity contribution is 5.82. The first-order valence-electron chi connectivity index (χ1n) is 14.6. The number of aliphatic hydroxyl groups is 2. The molecule has 1 aromatic carbocycles. The van der Waals surface area contributed by atoms with Gasteiger partial charge in [-0.2, -0.15) is 0 Å². The molecule has 7 aliphatic rings. The predicted octanol–water partition coefficient (Wildman–Crippen LogP) is 3.21. The molecular weight excluding hydrogens is 474 g/mol. The molecule has 2 bridgehead atoms. The molecule has 5 fully saturated rings. The molecule has 0 radical (unpaired) electrons. The number of likely N-dealkylation sites (tertiary alicyclic amines) is 1. The first kappa shape index (κ1) is 22.7.